The number of Topliss-reactive ketones (excluding diaryl/α,β-unsaturated/α-hetero) is 1. The molecule has 0 radical (unpaired) electrons. The highest BCUT2D eigenvalue weighted by Crippen LogP contribution is 2.22. The highest BCUT2D eigenvalue weighted by molar-refractivity contribution is 8.16. The fraction of sp³-hybridized carbons (Fsp3) is 0.875. The van der Waals surface area contributed by atoms with Gasteiger partial charge in [0.25, 0.3) is 0 Å². The standard InChI is InChI=1S/C8H16O2S2/c1-11-8(12-2)6-7(10)4-3-5-9/h8-9H,3-6H2,1-2H3. The predicted molar refractivity (Wildman–Crippen MR) is 56.8 cm³/mol. The summed E-state index contributed by atoms with van der Waals surface area (Å²) in [5, 5.41) is 8.50. The van der Waals surface area contributed by atoms with E-state index in [4.69, 9.17) is 5.11 Å². The van der Waals surface area contributed by atoms with E-state index in [1.807, 2.05) is 12.5 Å². The fourth-order valence-electron chi connectivity index (χ4n) is 0.827. The first-order valence-corrected chi connectivity index (χ1v) is 6.50. The van der Waals surface area contributed by atoms with E-state index in [0.29, 0.717) is 23.8 Å². The van der Waals surface area contributed by atoms with Crippen LogP contribution in [-0.4, -0.2) is 34.6 Å². The Bertz CT molecular complexity index is 124. The first kappa shape index (κ1) is 12.3. The van der Waals surface area contributed by atoms with Gasteiger partial charge in [-0.05, 0) is 18.9 Å². The van der Waals surface area contributed by atoms with Crippen molar-refractivity contribution in [2.24, 2.45) is 0 Å². The molecule has 0 atom stereocenters. The Kier molecular flexibility index (Phi) is 8.17. The van der Waals surface area contributed by atoms with Crippen LogP contribution in [0.3, 0.4) is 0 Å². The number of hydrogen-bond acceptors (Lipinski definition) is 4. The molecule has 0 aromatic heterocycles. The number of thioether (sulfide) groups is 2. The van der Waals surface area contributed by atoms with Gasteiger partial charge in [0, 0.05) is 19.4 Å². The highest BCUT2D eigenvalue weighted by Gasteiger charge is 2.10. The number of ketones is 1. The van der Waals surface area contributed by atoms with E-state index in [1.54, 1.807) is 23.5 Å². The molecule has 0 aliphatic heterocycles. The number of carbonyl (C=O) groups excluding carboxylic acids is 1. The SMILES string of the molecule is CSC(CC(=O)CCCO)SC. The van der Waals surface area contributed by atoms with Crippen LogP contribution in [0.5, 0.6) is 0 Å². The molecule has 0 heterocycles. The van der Waals surface area contributed by atoms with Gasteiger partial charge in [0.2, 0.25) is 0 Å². The Labute approximate surface area is 82.5 Å². The third-order valence-electron chi connectivity index (χ3n) is 1.53. The quantitative estimate of drug-likeness (QED) is 0.647. The third-order valence-corrected chi connectivity index (χ3v) is 4.07. The average Bonchev–Trinajstić information content (AvgIpc) is 2.10. The number of carbonyl (C=O) groups is 1. The maximum atomic E-state index is 11.2. The number of aliphatic hydroxyl groups is 1. The zero-order chi connectivity index (χ0) is 9.40. The van der Waals surface area contributed by atoms with Gasteiger partial charge in [0.1, 0.15) is 5.78 Å². The Morgan fingerprint density at radius 3 is 2.42 bits per heavy atom. The summed E-state index contributed by atoms with van der Waals surface area (Å²) in [6.45, 7) is 0.120. The molecule has 0 fully saturated rings. The smallest absolute Gasteiger partial charge is 0.134 e. The van der Waals surface area contributed by atoms with Crippen molar-refractivity contribution in [2.75, 3.05) is 19.1 Å². The second kappa shape index (κ2) is 7.95. The molecule has 0 aromatic carbocycles. The summed E-state index contributed by atoms with van der Waals surface area (Å²) in [7, 11) is 0. The second-order valence-corrected chi connectivity index (χ2v) is 4.85. The zero-order valence-corrected chi connectivity index (χ0v) is 9.21. The molecule has 2 nitrogen and oxygen atoms in total. The minimum Gasteiger partial charge on any atom is -0.396 e. The van der Waals surface area contributed by atoms with Crippen molar-refractivity contribution in [1.29, 1.82) is 0 Å². The molecule has 0 saturated carbocycles. The van der Waals surface area contributed by atoms with Crippen molar-refractivity contribution >= 4 is 29.3 Å². The van der Waals surface area contributed by atoms with Gasteiger partial charge in [0.15, 0.2) is 0 Å². The van der Waals surface area contributed by atoms with E-state index in [1.165, 1.54) is 0 Å². The molecule has 0 spiro atoms. The average molecular weight is 208 g/mol. The predicted octanol–water partition coefficient (Wildman–Crippen LogP) is 1.77. The van der Waals surface area contributed by atoms with Crippen LogP contribution < -0.4 is 0 Å². The number of hydrogen-bond donors (Lipinski definition) is 1. The van der Waals surface area contributed by atoms with Crippen LogP contribution in [0.2, 0.25) is 0 Å². The molecule has 0 amide bonds. The van der Waals surface area contributed by atoms with E-state index in [9.17, 15) is 4.79 Å². The fourth-order valence-corrected chi connectivity index (χ4v) is 2.30. The minimum absolute atomic E-state index is 0.120. The van der Waals surface area contributed by atoms with Crippen molar-refractivity contribution in [3.8, 4) is 0 Å². The molecule has 0 saturated heterocycles. The maximum Gasteiger partial charge on any atom is 0.134 e. The third kappa shape index (κ3) is 5.91. The second-order valence-electron chi connectivity index (χ2n) is 2.47. The largest absolute Gasteiger partial charge is 0.396 e. The Hall–Kier alpha value is 0.330. The lowest BCUT2D eigenvalue weighted by atomic mass is 10.2. The van der Waals surface area contributed by atoms with Crippen LogP contribution in [-0.2, 0) is 4.79 Å². The molecular formula is C8H16O2S2. The molecule has 0 unspecified atom stereocenters. The molecule has 0 rings (SSSR count). The molecule has 0 aliphatic carbocycles. The van der Waals surface area contributed by atoms with Crippen molar-refractivity contribution in [3.63, 3.8) is 0 Å². The minimum atomic E-state index is 0.120. The summed E-state index contributed by atoms with van der Waals surface area (Å²) >= 11 is 3.42. The topological polar surface area (TPSA) is 37.3 Å². The molecule has 0 aromatic rings. The summed E-state index contributed by atoms with van der Waals surface area (Å²) in [6.07, 6.45) is 5.78. The molecule has 0 aliphatic rings. The summed E-state index contributed by atoms with van der Waals surface area (Å²) < 4.78 is 0.385. The van der Waals surface area contributed by atoms with E-state index in [-0.39, 0.29) is 12.4 Å². The summed E-state index contributed by atoms with van der Waals surface area (Å²) in [4.78, 5) is 11.2. The molecule has 4 heteroatoms. The van der Waals surface area contributed by atoms with E-state index < -0.39 is 0 Å². The van der Waals surface area contributed by atoms with Crippen LogP contribution in [0, 0.1) is 0 Å². The van der Waals surface area contributed by atoms with Crippen molar-refractivity contribution in [3.05, 3.63) is 0 Å². The van der Waals surface area contributed by atoms with Gasteiger partial charge >= 0.3 is 0 Å². The van der Waals surface area contributed by atoms with Gasteiger partial charge < -0.3 is 5.11 Å². The van der Waals surface area contributed by atoms with Gasteiger partial charge in [0.05, 0.1) is 4.58 Å². The van der Waals surface area contributed by atoms with Crippen LogP contribution >= 0.6 is 23.5 Å². The van der Waals surface area contributed by atoms with Gasteiger partial charge in [-0.1, -0.05) is 0 Å². The Balaban J connectivity index is 3.52. The van der Waals surface area contributed by atoms with E-state index in [0.717, 1.165) is 0 Å². The summed E-state index contributed by atoms with van der Waals surface area (Å²) in [6, 6.07) is 0. The Morgan fingerprint density at radius 2 is 2.00 bits per heavy atom. The van der Waals surface area contributed by atoms with Crippen LogP contribution in [0.25, 0.3) is 0 Å². The molecule has 1 N–H and O–H groups in total. The summed E-state index contributed by atoms with van der Waals surface area (Å²) in [5.74, 6) is 0.262. The van der Waals surface area contributed by atoms with E-state index >= 15 is 0 Å². The first-order valence-electron chi connectivity index (χ1n) is 3.92. The Morgan fingerprint density at radius 1 is 1.42 bits per heavy atom. The van der Waals surface area contributed by atoms with Crippen molar-refractivity contribution in [1.82, 2.24) is 0 Å². The van der Waals surface area contributed by atoms with Crippen molar-refractivity contribution < 1.29 is 9.90 Å². The highest BCUT2D eigenvalue weighted by atomic mass is 32.2. The van der Waals surface area contributed by atoms with Gasteiger partial charge in [-0.25, -0.2) is 0 Å². The monoisotopic (exact) mass is 208 g/mol. The summed E-state index contributed by atoms with van der Waals surface area (Å²) in [5.41, 5.74) is 0. The van der Waals surface area contributed by atoms with E-state index in [2.05, 4.69) is 0 Å². The van der Waals surface area contributed by atoms with Crippen LogP contribution in [0.15, 0.2) is 0 Å². The van der Waals surface area contributed by atoms with Crippen LogP contribution in [0.4, 0.5) is 0 Å². The molecular weight excluding hydrogens is 192 g/mol. The lowest BCUT2D eigenvalue weighted by Crippen LogP contribution is -2.07. The first-order chi connectivity index (χ1) is 5.74. The van der Waals surface area contributed by atoms with Crippen molar-refractivity contribution in [2.45, 2.75) is 23.8 Å². The van der Waals surface area contributed by atoms with Crippen LogP contribution in [0.1, 0.15) is 19.3 Å². The zero-order valence-electron chi connectivity index (χ0n) is 7.58. The normalized spacial score (nSPS) is 10.7. The lowest BCUT2D eigenvalue weighted by molar-refractivity contribution is -0.119. The number of rotatable bonds is 7. The maximum absolute atomic E-state index is 11.2. The van der Waals surface area contributed by atoms with Gasteiger partial charge in [-0.2, -0.15) is 23.5 Å². The molecule has 72 valence electrons. The van der Waals surface area contributed by atoms with Gasteiger partial charge in [-0.3, -0.25) is 4.79 Å². The molecule has 0 bridgehead atoms. The molecule has 12 heavy (non-hydrogen) atoms. The number of aliphatic hydroxyl groups excluding tert-OH is 1. The van der Waals surface area contributed by atoms with Gasteiger partial charge in [-0.15, -0.1) is 0 Å². The lowest BCUT2D eigenvalue weighted by Gasteiger charge is -2.09.